The van der Waals surface area contributed by atoms with Gasteiger partial charge in [-0.1, -0.05) is 0 Å². The van der Waals surface area contributed by atoms with Crippen molar-refractivity contribution in [2.24, 2.45) is 0 Å². The summed E-state index contributed by atoms with van der Waals surface area (Å²) in [5.74, 6) is -1.67. The monoisotopic (exact) mass is 280 g/mol. The van der Waals surface area contributed by atoms with Gasteiger partial charge in [0.05, 0.1) is 13.2 Å². The van der Waals surface area contributed by atoms with Crippen LogP contribution in [0.1, 0.15) is 6.92 Å². The van der Waals surface area contributed by atoms with Crippen LogP contribution >= 0.6 is 7.75 Å². The Bertz CT molecular complexity index is 408. The van der Waals surface area contributed by atoms with Gasteiger partial charge >= 0.3 is 19.4 Å². The van der Waals surface area contributed by atoms with Crippen molar-refractivity contribution in [3.63, 3.8) is 0 Å². The SMILES string of the molecule is CCOC(=O)/C([N+]#N)=C(\O)CNP(=O)(OC)OC. The van der Waals surface area contributed by atoms with E-state index in [1.165, 1.54) is 0 Å². The predicted molar refractivity (Wildman–Crippen MR) is 61.0 cm³/mol. The Kier molecular flexibility index (Phi) is 7.16. The first-order valence-corrected chi connectivity index (χ1v) is 6.39. The highest BCUT2D eigenvalue weighted by molar-refractivity contribution is 7.51. The van der Waals surface area contributed by atoms with Gasteiger partial charge in [0.2, 0.25) is 11.2 Å². The fourth-order valence-electron chi connectivity index (χ4n) is 0.875. The molecule has 0 aliphatic heterocycles. The van der Waals surface area contributed by atoms with Gasteiger partial charge in [-0.3, -0.25) is 0 Å². The van der Waals surface area contributed by atoms with Crippen molar-refractivity contribution < 1.29 is 28.3 Å². The molecular weight excluding hydrogens is 265 g/mol. The topological polar surface area (TPSA) is 122 Å². The molecule has 0 aromatic heterocycles. The second kappa shape index (κ2) is 7.79. The fraction of sp³-hybridized carbons (Fsp3) is 0.625. The largest absolute Gasteiger partial charge is 0.506 e. The van der Waals surface area contributed by atoms with Gasteiger partial charge in [-0.05, 0) is 6.92 Å². The number of carbonyl (C=O) groups is 1. The van der Waals surface area contributed by atoms with Crippen molar-refractivity contribution in [1.82, 2.24) is 5.09 Å². The molecule has 102 valence electrons. The highest BCUT2D eigenvalue weighted by Crippen LogP contribution is 2.41. The molecule has 0 aromatic rings. The second-order valence-corrected chi connectivity index (χ2v) is 4.85. The Hall–Kier alpha value is -1.46. The maximum atomic E-state index is 11.6. The number of aliphatic hydroxyl groups excluding tert-OH is 1. The molecule has 0 spiro atoms. The van der Waals surface area contributed by atoms with Crippen LogP contribution in [0.5, 0.6) is 0 Å². The number of carbonyl (C=O) groups excluding carboxylic acids is 1. The number of nitrogens with one attached hydrogen (secondary N) is 1. The van der Waals surface area contributed by atoms with E-state index in [2.05, 4.69) is 23.8 Å². The minimum absolute atomic E-state index is 0.0488. The van der Waals surface area contributed by atoms with Gasteiger partial charge < -0.3 is 18.9 Å². The Morgan fingerprint density at radius 3 is 2.39 bits per heavy atom. The smallest absolute Gasteiger partial charge is 0.504 e. The van der Waals surface area contributed by atoms with E-state index in [1.54, 1.807) is 6.92 Å². The first-order valence-electron chi connectivity index (χ1n) is 4.85. The molecule has 0 amide bonds. The van der Waals surface area contributed by atoms with Gasteiger partial charge in [0, 0.05) is 14.2 Å². The lowest BCUT2D eigenvalue weighted by atomic mass is 10.3. The number of hydrogen-bond donors (Lipinski definition) is 2. The third kappa shape index (κ3) is 4.81. The van der Waals surface area contributed by atoms with Crippen molar-refractivity contribution in [2.45, 2.75) is 6.92 Å². The summed E-state index contributed by atoms with van der Waals surface area (Å²) in [6, 6.07) is 0. The Balaban J connectivity index is 4.81. The minimum atomic E-state index is -3.55. The Morgan fingerprint density at radius 2 is 2.00 bits per heavy atom. The lowest BCUT2D eigenvalue weighted by Gasteiger charge is -2.13. The Morgan fingerprint density at radius 1 is 1.44 bits per heavy atom. The molecule has 9 nitrogen and oxygen atoms in total. The summed E-state index contributed by atoms with van der Waals surface area (Å²) in [7, 11) is -1.27. The number of diazo groups is 1. The molecule has 0 fully saturated rings. The Labute approximate surface area is 104 Å². The second-order valence-electron chi connectivity index (χ2n) is 2.81. The molecule has 0 bridgehead atoms. The molecule has 0 saturated heterocycles. The van der Waals surface area contributed by atoms with Crippen LogP contribution < -0.4 is 5.09 Å². The predicted octanol–water partition coefficient (Wildman–Crippen LogP) is 1.16. The van der Waals surface area contributed by atoms with E-state index in [0.29, 0.717) is 0 Å². The van der Waals surface area contributed by atoms with Crippen LogP contribution in [0.2, 0.25) is 0 Å². The average molecular weight is 280 g/mol. The molecule has 0 unspecified atom stereocenters. The summed E-state index contributed by atoms with van der Waals surface area (Å²) in [6.45, 7) is 1.14. The van der Waals surface area contributed by atoms with Crippen molar-refractivity contribution >= 4 is 13.7 Å². The molecule has 0 aliphatic carbocycles. The maximum absolute atomic E-state index is 11.6. The third-order valence-corrected chi connectivity index (χ3v) is 3.27. The number of ether oxygens (including phenoxy) is 1. The lowest BCUT2D eigenvalue weighted by molar-refractivity contribution is -0.138. The standard InChI is InChI=1S/C8H14N3O6P/c1-4-17-8(13)7(11-9)6(12)5-10-18(14,15-2)16-3/h4-5H2,1-3H3,(H-,10,12,13,14)/p+1. The molecule has 0 saturated carbocycles. The van der Waals surface area contributed by atoms with E-state index in [4.69, 9.17) is 5.39 Å². The van der Waals surface area contributed by atoms with Crippen LogP contribution in [0, 0.1) is 5.39 Å². The summed E-state index contributed by atoms with van der Waals surface area (Å²) in [4.78, 5) is 13.8. The van der Waals surface area contributed by atoms with E-state index in [1.807, 2.05) is 0 Å². The van der Waals surface area contributed by atoms with Crippen LogP contribution in [0.25, 0.3) is 4.98 Å². The summed E-state index contributed by atoms with van der Waals surface area (Å²) < 4.78 is 25.2. The van der Waals surface area contributed by atoms with Crippen molar-refractivity contribution in [3.05, 3.63) is 16.4 Å². The number of rotatable bonds is 7. The lowest BCUT2D eigenvalue weighted by Crippen LogP contribution is -2.19. The maximum Gasteiger partial charge on any atom is 0.506 e. The average Bonchev–Trinajstić information content (AvgIpc) is 2.37. The summed E-state index contributed by atoms with van der Waals surface area (Å²) in [5, 5.41) is 20.3. The van der Waals surface area contributed by atoms with Gasteiger partial charge in [-0.25, -0.2) is 14.4 Å². The van der Waals surface area contributed by atoms with Crippen LogP contribution in [0.15, 0.2) is 11.5 Å². The number of hydrogen-bond acceptors (Lipinski definition) is 7. The van der Waals surface area contributed by atoms with Crippen LogP contribution in [0.4, 0.5) is 0 Å². The van der Waals surface area contributed by atoms with Gasteiger partial charge in [0.25, 0.3) is 0 Å². The van der Waals surface area contributed by atoms with E-state index in [9.17, 15) is 14.5 Å². The summed E-state index contributed by atoms with van der Waals surface area (Å²) >= 11 is 0. The number of nitrogens with zero attached hydrogens (tertiary/aromatic N) is 2. The zero-order valence-corrected chi connectivity index (χ0v) is 11.1. The fourth-order valence-corrected chi connectivity index (χ4v) is 1.63. The molecule has 0 aromatic carbocycles. The van der Waals surface area contributed by atoms with E-state index in [0.717, 1.165) is 14.2 Å². The molecule has 0 radical (unpaired) electrons. The van der Waals surface area contributed by atoms with E-state index in [-0.39, 0.29) is 6.61 Å². The molecule has 18 heavy (non-hydrogen) atoms. The zero-order valence-electron chi connectivity index (χ0n) is 10.2. The molecule has 0 heterocycles. The highest BCUT2D eigenvalue weighted by atomic mass is 31.2. The summed E-state index contributed by atoms with van der Waals surface area (Å²) in [6.07, 6.45) is 0. The molecule has 2 N–H and O–H groups in total. The number of aliphatic hydroxyl groups is 1. The van der Waals surface area contributed by atoms with E-state index < -0.39 is 31.7 Å². The molecule has 10 heteroatoms. The van der Waals surface area contributed by atoms with Gasteiger partial charge in [0.1, 0.15) is 0 Å². The molecule has 0 aliphatic rings. The molecule has 0 rings (SSSR count). The van der Waals surface area contributed by atoms with E-state index >= 15 is 0 Å². The molecule has 0 atom stereocenters. The highest BCUT2D eigenvalue weighted by Gasteiger charge is 2.32. The third-order valence-electron chi connectivity index (χ3n) is 1.76. The summed E-state index contributed by atoms with van der Waals surface area (Å²) in [5.41, 5.74) is -0.692. The van der Waals surface area contributed by atoms with Crippen molar-refractivity contribution in [1.29, 1.82) is 5.39 Å². The van der Waals surface area contributed by atoms with Crippen molar-refractivity contribution in [2.75, 3.05) is 27.4 Å². The van der Waals surface area contributed by atoms with Gasteiger partial charge in [-0.15, -0.1) is 0 Å². The minimum Gasteiger partial charge on any atom is -0.504 e. The van der Waals surface area contributed by atoms with Crippen LogP contribution in [-0.2, 0) is 23.1 Å². The van der Waals surface area contributed by atoms with Crippen molar-refractivity contribution in [3.8, 4) is 0 Å². The normalized spacial score (nSPS) is 12.6. The van der Waals surface area contributed by atoms with Crippen LogP contribution in [-0.4, -0.2) is 38.4 Å². The first-order chi connectivity index (χ1) is 8.44. The first kappa shape index (κ1) is 16.5. The van der Waals surface area contributed by atoms with Crippen LogP contribution in [0.3, 0.4) is 0 Å². The zero-order chi connectivity index (χ0) is 14.2. The number of esters is 1. The quantitative estimate of drug-likeness (QED) is 0.234. The van der Waals surface area contributed by atoms with Gasteiger partial charge in [-0.2, -0.15) is 0 Å². The van der Waals surface area contributed by atoms with Gasteiger partial charge in [0.15, 0.2) is 4.98 Å². The molecular formula is C8H15N3O6P+.